The van der Waals surface area contributed by atoms with Gasteiger partial charge in [0.05, 0.1) is 20.8 Å². The van der Waals surface area contributed by atoms with E-state index in [1.807, 2.05) is 6.92 Å². The van der Waals surface area contributed by atoms with Gasteiger partial charge in [-0.2, -0.15) is 0 Å². The van der Waals surface area contributed by atoms with E-state index < -0.39 is 5.97 Å². The molecular weight excluding hydrogens is 336 g/mol. The van der Waals surface area contributed by atoms with Crippen LogP contribution in [0.15, 0.2) is 36.4 Å². The van der Waals surface area contributed by atoms with Gasteiger partial charge in [0.25, 0.3) is 0 Å². The Bertz CT molecular complexity index is 797. The van der Waals surface area contributed by atoms with Gasteiger partial charge in [-0.1, -0.05) is 0 Å². The highest BCUT2D eigenvalue weighted by atomic mass is 16.5. The minimum atomic E-state index is -0.542. The molecule has 0 saturated carbocycles. The summed E-state index contributed by atoms with van der Waals surface area (Å²) in [6, 6.07) is 9.91. The molecule has 6 heteroatoms. The maximum absolute atomic E-state index is 12.4. The van der Waals surface area contributed by atoms with Crippen LogP contribution in [0.2, 0.25) is 0 Å². The zero-order valence-corrected chi connectivity index (χ0v) is 15.3. The van der Waals surface area contributed by atoms with E-state index in [-0.39, 0.29) is 18.0 Å². The normalized spacial score (nSPS) is 10.2. The predicted molar refractivity (Wildman–Crippen MR) is 96.3 cm³/mol. The van der Waals surface area contributed by atoms with Crippen LogP contribution in [-0.2, 0) is 11.3 Å². The van der Waals surface area contributed by atoms with E-state index in [1.165, 1.54) is 21.1 Å². The van der Waals surface area contributed by atoms with Gasteiger partial charge in [-0.05, 0) is 44.2 Å². The van der Waals surface area contributed by atoms with Crippen LogP contribution >= 0.6 is 0 Å². The lowest BCUT2D eigenvalue weighted by Crippen LogP contribution is -2.09. The topological polar surface area (TPSA) is 71.1 Å². The van der Waals surface area contributed by atoms with E-state index in [2.05, 4.69) is 0 Å². The van der Waals surface area contributed by atoms with Crippen molar-refractivity contribution in [2.24, 2.45) is 0 Å². The summed E-state index contributed by atoms with van der Waals surface area (Å²) < 4.78 is 21.3. The van der Waals surface area contributed by atoms with Crippen LogP contribution in [0.1, 0.15) is 40.1 Å². The fourth-order valence-electron chi connectivity index (χ4n) is 2.40. The molecule has 0 heterocycles. The number of benzene rings is 2. The Balaban J connectivity index is 2.21. The molecule has 2 rings (SSSR count). The third-order valence-electron chi connectivity index (χ3n) is 3.75. The molecule has 0 amide bonds. The van der Waals surface area contributed by atoms with E-state index in [0.717, 1.165) is 0 Å². The van der Waals surface area contributed by atoms with Crippen molar-refractivity contribution < 1.29 is 28.5 Å². The molecule has 6 nitrogen and oxygen atoms in total. The quantitative estimate of drug-likeness (QED) is 0.530. The molecule has 26 heavy (non-hydrogen) atoms. The van der Waals surface area contributed by atoms with Gasteiger partial charge in [0.15, 0.2) is 5.78 Å². The molecule has 0 N–H and O–H groups in total. The first-order valence-electron chi connectivity index (χ1n) is 8.16. The van der Waals surface area contributed by atoms with Crippen LogP contribution in [0, 0.1) is 0 Å². The maximum atomic E-state index is 12.4. The summed E-state index contributed by atoms with van der Waals surface area (Å²) in [5.74, 6) is 0.896. The second-order valence-electron chi connectivity index (χ2n) is 5.45. The van der Waals surface area contributed by atoms with Gasteiger partial charge < -0.3 is 18.9 Å². The van der Waals surface area contributed by atoms with Crippen molar-refractivity contribution in [2.45, 2.75) is 20.5 Å². The molecule has 138 valence electrons. The SMILES string of the molecule is CCOc1ccc(C(C)=O)cc1COC(=O)c1ccc(OC)cc1OC. The van der Waals surface area contributed by atoms with Crippen molar-refractivity contribution in [3.05, 3.63) is 53.1 Å². The van der Waals surface area contributed by atoms with Crippen LogP contribution in [-0.4, -0.2) is 32.6 Å². The molecule has 2 aromatic rings. The van der Waals surface area contributed by atoms with Crippen molar-refractivity contribution in [3.63, 3.8) is 0 Å². The fourth-order valence-corrected chi connectivity index (χ4v) is 2.40. The second kappa shape index (κ2) is 8.89. The number of carbonyl (C=O) groups is 2. The number of methoxy groups -OCH3 is 2. The van der Waals surface area contributed by atoms with E-state index >= 15 is 0 Å². The van der Waals surface area contributed by atoms with Crippen molar-refractivity contribution in [3.8, 4) is 17.2 Å². The summed E-state index contributed by atoms with van der Waals surface area (Å²) in [7, 11) is 3.00. The smallest absolute Gasteiger partial charge is 0.342 e. The number of hydrogen-bond acceptors (Lipinski definition) is 6. The van der Waals surface area contributed by atoms with Crippen molar-refractivity contribution in [1.29, 1.82) is 0 Å². The van der Waals surface area contributed by atoms with Gasteiger partial charge in [0.1, 0.15) is 29.4 Å². The highest BCUT2D eigenvalue weighted by molar-refractivity contribution is 5.94. The molecule has 0 unspecified atom stereocenters. The summed E-state index contributed by atoms with van der Waals surface area (Å²) in [6.45, 7) is 3.78. The molecule has 0 radical (unpaired) electrons. The number of esters is 1. The highest BCUT2D eigenvalue weighted by Gasteiger charge is 2.16. The van der Waals surface area contributed by atoms with Crippen molar-refractivity contribution in [1.82, 2.24) is 0 Å². The molecule has 2 aromatic carbocycles. The Morgan fingerprint density at radius 2 is 1.73 bits per heavy atom. The molecule has 0 aliphatic rings. The molecule has 0 spiro atoms. The number of ether oxygens (including phenoxy) is 4. The Kier molecular flexibility index (Phi) is 6.60. The zero-order valence-electron chi connectivity index (χ0n) is 15.3. The molecule has 0 fully saturated rings. The van der Waals surface area contributed by atoms with E-state index in [4.69, 9.17) is 18.9 Å². The first-order chi connectivity index (χ1) is 12.5. The van der Waals surface area contributed by atoms with Crippen LogP contribution < -0.4 is 14.2 Å². The third-order valence-corrected chi connectivity index (χ3v) is 3.75. The van der Waals surface area contributed by atoms with Gasteiger partial charge in [-0.15, -0.1) is 0 Å². The highest BCUT2D eigenvalue weighted by Crippen LogP contribution is 2.27. The standard InChI is InChI=1S/C20H22O6/c1-5-25-18-9-6-14(13(2)21)10-15(18)12-26-20(22)17-8-7-16(23-3)11-19(17)24-4/h6-11H,5,12H2,1-4H3. The van der Waals surface area contributed by atoms with Crippen LogP contribution in [0.25, 0.3) is 0 Å². The average molecular weight is 358 g/mol. The Hall–Kier alpha value is -3.02. The van der Waals surface area contributed by atoms with E-state index in [0.29, 0.717) is 35.0 Å². The monoisotopic (exact) mass is 358 g/mol. The first-order valence-corrected chi connectivity index (χ1v) is 8.16. The summed E-state index contributed by atoms with van der Waals surface area (Å²) in [6.07, 6.45) is 0. The summed E-state index contributed by atoms with van der Waals surface area (Å²) in [5.41, 5.74) is 1.44. The molecule has 0 aromatic heterocycles. The number of rotatable bonds is 8. The second-order valence-corrected chi connectivity index (χ2v) is 5.45. The molecular formula is C20H22O6. The summed E-state index contributed by atoms with van der Waals surface area (Å²) in [4.78, 5) is 24.0. The van der Waals surface area contributed by atoms with Gasteiger partial charge in [0, 0.05) is 17.2 Å². The predicted octanol–water partition coefficient (Wildman–Crippen LogP) is 3.66. The van der Waals surface area contributed by atoms with Crippen molar-refractivity contribution >= 4 is 11.8 Å². The number of Topliss-reactive ketones (excluding diaryl/α,β-unsaturated/α-hetero) is 1. The molecule has 0 atom stereocenters. The van der Waals surface area contributed by atoms with Crippen molar-refractivity contribution in [2.75, 3.05) is 20.8 Å². The molecule has 0 bridgehead atoms. The Morgan fingerprint density at radius 3 is 2.35 bits per heavy atom. The summed E-state index contributed by atoms with van der Waals surface area (Å²) in [5, 5.41) is 0. The minimum Gasteiger partial charge on any atom is -0.497 e. The number of carbonyl (C=O) groups excluding carboxylic acids is 2. The lowest BCUT2D eigenvalue weighted by Gasteiger charge is -2.13. The molecule has 0 aliphatic heterocycles. The van der Waals surface area contributed by atoms with Gasteiger partial charge in [-0.3, -0.25) is 4.79 Å². The summed E-state index contributed by atoms with van der Waals surface area (Å²) >= 11 is 0. The average Bonchev–Trinajstić information content (AvgIpc) is 2.66. The van der Waals surface area contributed by atoms with Gasteiger partial charge in [-0.25, -0.2) is 4.79 Å². The van der Waals surface area contributed by atoms with Gasteiger partial charge >= 0.3 is 5.97 Å². The molecule has 0 aliphatic carbocycles. The van der Waals surface area contributed by atoms with Crippen LogP contribution in [0.3, 0.4) is 0 Å². The Morgan fingerprint density at radius 1 is 0.962 bits per heavy atom. The zero-order chi connectivity index (χ0) is 19.1. The lowest BCUT2D eigenvalue weighted by molar-refractivity contribution is 0.0466. The van der Waals surface area contributed by atoms with Gasteiger partial charge in [0.2, 0.25) is 0 Å². The lowest BCUT2D eigenvalue weighted by atomic mass is 10.1. The largest absolute Gasteiger partial charge is 0.497 e. The minimum absolute atomic E-state index is 0.0233. The third kappa shape index (κ3) is 4.53. The number of hydrogen-bond donors (Lipinski definition) is 0. The van der Waals surface area contributed by atoms with E-state index in [1.54, 1.807) is 36.4 Å². The van der Waals surface area contributed by atoms with Crippen LogP contribution in [0.5, 0.6) is 17.2 Å². The Labute approximate surface area is 152 Å². The van der Waals surface area contributed by atoms with Crippen LogP contribution in [0.4, 0.5) is 0 Å². The first kappa shape index (κ1) is 19.3. The van der Waals surface area contributed by atoms with E-state index in [9.17, 15) is 9.59 Å². The fraction of sp³-hybridized carbons (Fsp3) is 0.300. The number of ketones is 1. The maximum Gasteiger partial charge on any atom is 0.342 e. The molecule has 0 saturated heterocycles.